The summed E-state index contributed by atoms with van der Waals surface area (Å²) in [7, 11) is 0. The van der Waals surface area contributed by atoms with Crippen molar-refractivity contribution in [2.24, 2.45) is 0 Å². The lowest BCUT2D eigenvalue weighted by molar-refractivity contribution is 0.0951. The molecule has 0 fully saturated rings. The second-order valence-electron chi connectivity index (χ2n) is 8.30. The van der Waals surface area contributed by atoms with Crippen LogP contribution in [0.25, 0.3) is 23.1 Å². The molecular formula is C29H25N5O. The van der Waals surface area contributed by atoms with Gasteiger partial charge >= 0.3 is 0 Å². The summed E-state index contributed by atoms with van der Waals surface area (Å²) >= 11 is 0. The molecule has 2 aromatic heterocycles. The van der Waals surface area contributed by atoms with Crippen molar-refractivity contribution in [3.63, 3.8) is 0 Å². The Morgan fingerprint density at radius 2 is 1.83 bits per heavy atom. The molecule has 172 valence electrons. The smallest absolute Gasteiger partial charge is 0.253 e. The fraction of sp³-hybridized carbons (Fsp3) is 0.0690. The van der Waals surface area contributed by atoms with Crippen LogP contribution in [0.3, 0.4) is 0 Å². The third-order valence-electron chi connectivity index (χ3n) is 5.68. The van der Waals surface area contributed by atoms with Crippen molar-refractivity contribution in [2.45, 2.75) is 13.5 Å². The molecule has 2 heterocycles. The van der Waals surface area contributed by atoms with E-state index in [0.29, 0.717) is 12.1 Å². The normalized spacial score (nSPS) is 11.1. The molecule has 5 aromatic rings. The molecule has 0 radical (unpaired) electrons. The molecule has 0 aliphatic carbocycles. The fourth-order valence-corrected chi connectivity index (χ4v) is 3.93. The Bertz CT molecular complexity index is 1500. The Morgan fingerprint density at radius 1 is 0.943 bits per heavy atom. The number of fused-ring (bicyclic) bond motifs is 1. The fourth-order valence-electron chi connectivity index (χ4n) is 3.93. The third-order valence-corrected chi connectivity index (χ3v) is 5.68. The Kier molecular flexibility index (Phi) is 6.35. The van der Waals surface area contributed by atoms with E-state index in [9.17, 15) is 4.79 Å². The lowest BCUT2D eigenvalue weighted by atomic mass is 10.1. The van der Waals surface area contributed by atoms with E-state index < -0.39 is 0 Å². The van der Waals surface area contributed by atoms with Gasteiger partial charge in [0.2, 0.25) is 0 Å². The Hall–Kier alpha value is -4.71. The van der Waals surface area contributed by atoms with E-state index in [2.05, 4.69) is 31.9 Å². The summed E-state index contributed by atoms with van der Waals surface area (Å²) in [5.41, 5.74) is 7.04. The van der Waals surface area contributed by atoms with Crippen LogP contribution in [0.5, 0.6) is 0 Å². The van der Waals surface area contributed by atoms with E-state index in [1.807, 2.05) is 97.9 Å². The van der Waals surface area contributed by atoms with Crippen molar-refractivity contribution in [2.75, 3.05) is 5.32 Å². The second-order valence-corrected chi connectivity index (χ2v) is 8.30. The first-order valence-corrected chi connectivity index (χ1v) is 11.4. The lowest BCUT2D eigenvalue weighted by Crippen LogP contribution is -2.23. The number of hydrogen-bond acceptors (Lipinski definition) is 4. The van der Waals surface area contributed by atoms with Gasteiger partial charge in [0.05, 0.1) is 28.2 Å². The van der Waals surface area contributed by atoms with Crippen molar-refractivity contribution in [1.29, 1.82) is 0 Å². The van der Waals surface area contributed by atoms with E-state index >= 15 is 0 Å². The predicted molar refractivity (Wildman–Crippen MR) is 141 cm³/mol. The topological polar surface area (TPSA) is 82.7 Å². The van der Waals surface area contributed by atoms with Gasteiger partial charge in [-0.05, 0) is 67.1 Å². The summed E-state index contributed by atoms with van der Waals surface area (Å²) in [4.78, 5) is 17.2. The number of nitrogens with one attached hydrogen (secondary N) is 3. The maximum atomic E-state index is 12.9. The van der Waals surface area contributed by atoms with Gasteiger partial charge in [-0.2, -0.15) is 5.10 Å². The standard InChI is InChI=1S/C29H25N5O/c1-20-7-6-8-21(17-20)19-31-29(35)25-10-2-3-11-26(25)32-23-12-14-24-27(33-34-28(24)18-23)15-13-22-9-4-5-16-30-22/h2-18,32H,19H2,1H3,(H,31,35)(H,33,34)/b15-13+. The number of aryl methyl sites for hydroxylation is 1. The molecule has 0 saturated carbocycles. The van der Waals surface area contributed by atoms with Gasteiger partial charge < -0.3 is 10.6 Å². The predicted octanol–water partition coefficient (Wildman–Crippen LogP) is 6.11. The quantitative estimate of drug-likeness (QED) is 0.274. The van der Waals surface area contributed by atoms with Crippen LogP contribution in [0.15, 0.2) is 91.1 Å². The highest BCUT2D eigenvalue weighted by Gasteiger charge is 2.12. The summed E-state index contributed by atoms with van der Waals surface area (Å²) < 4.78 is 0. The number of benzene rings is 3. The van der Waals surface area contributed by atoms with Crippen LogP contribution in [-0.4, -0.2) is 21.1 Å². The summed E-state index contributed by atoms with van der Waals surface area (Å²) in [6.45, 7) is 2.52. The number of carbonyl (C=O) groups is 1. The van der Waals surface area contributed by atoms with Crippen molar-refractivity contribution >= 4 is 40.3 Å². The molecular weight excluding hydrogens is 434 g/mol. The van der Waals surface area contributed by atoms with Gasteiger partial charge in [0.15, 0.2) is 0 Å². The first kappa shape index (κ1) is 22.1. The Labute approximate surface area is 203 Å². The molecule has 0 saturated heterocycles. The van der Waals surface area contributed by atoms with E-state index in [1.165, 1.54) is 5.56 Å². The van der Waals surface area contributed by atoms with Crippen LogP contribution in [0, 0.1) is 6.92 Å². The van der Waals surface area contributed by atoms with Crippen LogP contribution in [0.4, 0.5) is 11.4 Å². The van der Waals surface area contributed by atoms with E-state index in [4.69, 9.17) is 0 Å². The van der Waals surface area contributed by atoms with Gasteiger partial charge in [-0.15, -0.1) is 0 Å². The number of nitrogens with zero attached hydrogens (tertiary/aromatic N) is 2. The van der Waals surface area contributed by atoms with Gasteiger partial charge in [-0.3, -0.25) is 14.9 Å². The third kappa shape index (κ3) is 5.28. The van der Waals surface area contributed by atoms with E-state index in [1.54, 1.807) is 6.20 Å². The van der Waals surface area contributed by atoms with Crippen molar-refractivity contribution < 1.29 is 4.79 Å². The van der Waals surface area contributed by atoms with Crippen molar-refractivity contribution in [1.82, 2.24) is 20.5 Å². The van der Waals surface area contributed by atoms with E-state index in [-0.39, 0.29) is 5.91 Å². The summed E-state index contributed by atoms with van der Waals surface area (Å²) in [6.07, 6.45) is 5.65. The molecule has 1 amide bonds. The highest BCUT2D eigenvalue weighted by molar-refractivity contribution is 6.00. The molecule has 5 rings (SSSR count). The number of H-pyrrole nitrogens is 1. The number of aromatic amines is 1. The SMILES string of the molecule is Cc1cccc(CNC(=O)c2ccccc2Nc2ccc3c(/C=C/c4ccccn4)n[nH]c3c2)c1. The highest BCUT2D eigenvalue weighted by Crippen LogP contribution is 2.26. The number of carbonyl (C=O) groups excluding carboxylic acids is 1. The molecule has 0 aliphatic heterocycles. The second kappa shape index (κ2) is 10.1. The minimum absolute atomic E-state index is 0.126. The number of anilines is 2. The minimum atomic E-state index is -0.126. The number of hydrogen-bond donors (Lipinski definition) is 3. The molecule has 0 unspecified atom stereocenters. The van der Waals surface area contributed by atoms with E-state index in [0.717, 1.165) is 39.2 Å². The number of pyridine rings is 1. The molecule has 3 aromatic carbocycles. The van der Waals surface area contributed by atoms with Gasteiger partial charge in [0.1, 0.15) is 0 Å². The largest absolute Gasteiger partial charge is 0.355 e. The zero-order valence-corrected chi connectivity index (χ0v) is 19.3. The first-order chi connectivity index (χ1) is 17.2. The Balaban J connectivity index is 1.32. The zero-order chi connectivity index (χ0) is 24.0. The zero-order valence-electron chi connectivity index (χ0n) is 19.3. The molecule has 35 heavy (non-hydrogen) atoms. The Morgan fingerprint density at radius 3 is 2.69 bits per heavy atom. The van der Waals surface area contributed by atoms with Crippen LogP contribution in [-0.2, 0) is 6.54 Å². The summed E-state index contributed by atoms with van der Waals surface area (Å²) in [6, 6.07) is 27.4. The van der Waals surface area contributed by atoms with Gasteiger partial charge in [-0.1, -0.05) is 48.0 Å². The van der Waals surface area contributed by atoms with Crippen LogP contribution in [0.1, 0.15) is 32.9 Å². The molecule has 6 nitrogen and oxygen atoms in total. The molecule has 0 bridgehead atoms. The summed E-state index contributed by atoms with van der Waals surface area (Å²) in [5, 5.41) is 14.9. The van der Waals surface area contributed by atoms with Crippen LogP contribution >= 0.6 is 0 Å². The average Bonchev–Trinajstić information content (AvgIpc) is 3.29. The van der Waals surface area contributed by atoms with Gasteiger partial charge in [0, 0.05) is 23.8 Å². The number of para-hydroxylation sites is 1. The van der Waals surface area contributed by atoms with Crippen LogP contribution < -0.4 is 10.6 Å². The molecule has 0 aliphatic rings. The van der Waals surface area contributed by atoms with Crippen molar-refractivity contribution in [3.8, 4) is 0 Å². The maximum Gasteiger partial charge on any atom is 0.253 e. The average molecular weight is 460 g/mol. The van der Waals surface area contributed by atoms with Gasteiger partial charge in [0.25, 0.3) is 5.91 Å². The number of amides is 1. The maximum absolute atomic E-state index is 12.9. The minimum Gasteiger partial charge on any atom is -0.355 e. The molecule has 6 heteroatoms. The van der Waals surface area contributed by atoms with Crippen LogP contribution in [0.2, 0.25) is 0 Å². The highest BCUT2D eigenvalue weighted by atomic mass is 16.1. The lowest BCUT2D eigenvalue weighted by Gasteiger charge is -2.13. The number of aromatic nitrogens is 3. The summed E-state index contributed by atoms with van der Waals surface area (Å²) in [5.74, 6) is -0.126. The molecule has 0 atom stereocenters. The monoisotopic (exact) mass is 459 g/mol. The number of rotatable bonds is 7. The molecule has 0 spiro atoms. The first-order valence-electron chi connectivity index (χ1n) is 11.4. The van der Waals surface area contributed by atoms with Crippen molar-refractivity contribution in [3.05, 3.63) is 119 Å². The van der Waals surface area contributed by atoms with Gasteiger partial charge in [-0.25, -0.2) is 0 Å². The molecule has 3 N–H and O–H groups in total.